The molecule has 0 aliphatic heterocycles. The van der Waals surface area contributed by atoms with Gasteiger partial charge in [-0.2, -0.15) is 0 Å². The summed E-state index contributed by atoms with van der Waals surface area (Å²) in [4.78, 5) is 11.6. The van der Waals surface area contributed by atoms with Gasteiger partial charge in [0.15, 0.2) is 0 Å². The molecule has 0 aromatic heterocycles. The lowest BCUT2D eigenvalue weighted by Crippen LogP contribution is -2.42. The highest BCUT2D eigenvalue weighted by molar-refractivity contribution is 6.26. The fourth-order valence-corrected chi connectivity index (χ4v) is 3.63. The summed E-state index contributed by atoms with van der Waals surface area (Å²) >= 11 is 5.61. The molecule has 1 aromatic rings. The van der Waals surface area contributed by atoms with Crippen LogP contribution in [-0.2, 0) is 14.9 Å². The summed E-state index contributed by atoms with van der Waals surface area (Å²) in [5.74, 6) is 0.570. The zero-order chi connectivity index (χ0) is 15.5. The summed E-state index contributed by atoms with van der Waals surface area (Å²) in [6.45, 7) is 6.69. The van der Waals surface area contributed by atoms with Crippen LogP contribution < -0.4 is 0 Å². The fourth-order valence-electron chi connectivity index (χ4n) is 3.56. The van der Waals surface area contributed by atoms with Gasteiger partial charge in [-0.1, -0.05) is 51.1 Å². The molecule has 0 saturated heterocycles. The van der Waals surface area contributed by atoms with Gasteiger partial charge in [-0.3, -0.25) is 4.79 Å². The molecular formula is C18H25ClO2. The van der Waals surface area contributed by atoms with Crippen LogP contribution in [0.15, 0.2) is 30.3 Å². The zero-order valence-corrected chi connectivity index (χ0v) is 13.9. The highest BCUT2D eigenvalue weighted by atomic mass is 35.5. The van der Waals surface area contributed by atoms with E-state index in [0.29, 0.717) is 11.8 Å². The number of carbonyl (C=O) groups is 1. The van der Waals surface area contributed by atoms with Crippen LogP contribution in [0.3, 0.4) is 0 Å². The monoisotopic (exact) mass is 308 g/mol. The Labute approximate surface area is 132 Å². The Hall–Kier alpha value is -1.02. The zero-order valence-electron chi connectivity index (χ0n) is 13.1. The van der Waals surface area contributed by atoms with Crippen LogP contribution in [0.4, 0.5) is 0 Å². The minimum absolute atomic E-state index is 0.0322. The van der Waals surface area contributed by atoms with E-state index < -0.39 is 0 Å². The third kappa shape index (κ3) is 3.79. The van der Waals surface area contributed by atoms with Gasteiger partial charge >= 0.3 is 5.97 Å². The number of halogens is 1. The number of rotatable bonds is 4. The molecule has 0 radical (unpaired) electrons. The van der Waals surface area contributed by atoms with Crippen molar-refractivity contribution in [2.45, 2.75) is 51.6 Å². The minimum Gasteiger partial charge on any atom is -0.461 e. The van der Waals surface area contributed by atoms with E-state index in [1.165, 1.54) is 5.56 Å². The van der Waals surface area contributed by atoms with E-state index in [4.69, 9.17) is 16.3 Å². The Morgan fingerprint density at radius 3 is 2.62 bits per heavy atom. The van der Waals surface area contributed by atoms with Crippen molar-refractivity contribution in [2.24, 2.45) is 11.8 Å². The molecule has 1 aliphatic rings. The maximum atomic E-state index is 11.6. The van der Waals surface area contributed by atoms with Gasteiger partial charge in [0.1, 0.15) is 12.0 Å². The molecule has 0 heterocycles. The molecule has 0 amide bonds. The molecular weight excluding hydrogens is 284 g/mol. The Balaban J connectivity index is 2.20. The van der Waals surface area contributed by atoms with Crippen molar-refractivity contribution in [1.82, 2.24) is 0 Å². The van der Waals surface area contributed by atoms with E-state index in [9.17, 15) is 4.79 Å². The van der Waals surface area contributed by atoms with Gasteiger partial charge in [-0.05, 0) is 42.1 Å². The summed E-state index contributed by atoms with van der Waals surface area (Å²) < 4.78 is 5.66. The molecule has 0 bridgehead atoms. The minimum atomic E-state index is -0.301. The normalized spacial score (nSPS) is 29.4. The molecule has 1 aliphatic carbocycles. The van der Waals surface area contributed by atoms with Crippen LogP contribution in [-0.4, -0.2) is 18.0 Å². The van der Waals surface area contributed by atoms with Gasteiger partial charge in [0.25, 0.3) is 0 Å². The van der Waals surface area contributed by atoms with Gasteiger partial charge < -0.3 is 4.74 Å². The number of carbonyl (C=O) groups excluding carboxylic acids is 1. The molecule has 116 valence electrons. The average molecular weight is 309 g/mol. The SMILES string of the molecule is CC(C)C1CCC(C)(c2ccccc2)CC1OC(=O)CCl. The van der Waals surface area contributed by atoms with Crippen molar-refractivity contribution in [3.05, 3.63) is 35.9 Å². The molecule has 2 nitrogen and oxygen atoms in total. The molecule has 2 rings (SSSR count). The Bertz CT molecular complexity index is 471. The topological polar surface area (TPSA) is 26.3 Å². The van der Waals surface area contributed by atoms with Crippen molar-refractivity contribution in [3.63, 3.8) is 0 Å². The van der Waals surface area contributed by atoms with Crippen molar-refractivity contribution in [3.8, 4) is 0 Å². The standard InChI is InChI=1S/C18H25ClO2/c1-13(2)15-9-10-18(3,14-7-5-4-6-8-14)11-16(15)21-17(20)12-19/h4-8,13,15-16H,9-12H2,1-3H3. The van der Waals surface area contributed by atoms with E-state index in [0.717, 1.165) is 19.3 Å². The average Bonchev–Trinajstić information content (AvgIpc) is 2.48. The highest BCUT2D eigenvalue weighted by Gasteiger charge is 2.41. The first kappa shape index (κ1) is 16.4. The fraction of sp³-hybridized carbons (Fsp3) is 0.611. The number of esters is 1. The lowest BCUT2D eigenvalue weighted by atomic mass is 9.64. The molecule has 3 heteroatoms. The molecule has 1 fully saturated rings. The number of hydrogen-bond acceptors (Lipinski definition) is 2. The van der Waals surface area contributed by atoms with Gasteiger partial charge in [0.05, 0.1) is 0 Å². The molecule has 0 N–H and O–H groups in total. The predicted octanol–water partition coefficient (Wildman–Crippen LogP) is 4.55. The summed E-state index contributed by atoms with van der Waals surface area (Å²) in [6, 6.07) is 10.5. The smallest absolute Gasteiger partial charge is 0.321 e. The summed E-state index contributed by atoms with van der Waals surface area (Å²) in [6.07, 6.45) is 3.07. The quantitative estimate of drug-likeness (QED) is 0.602. The largest absolute Gasteiger partial charge is 0.461 e. The first-order valence-electron chi connectivity index (χ1n) is 7.77. The van der Waals surface area contributed by atoms with Gasteiger partial charge in [0.2, 0.25) is 0 Å². The van der Waals surface area contributed by atoms with Crippen LogP contribution in [0.25, 0.3) is 0 Å². The van der Waals surface area contributed by atoms with Crippen LogP contribution in [0.1, 0.15) is 45.6 Å². The van der Waals surface area contributed by atoms with Gasteiger partial charge in [-0.25, -0.2) is 0 Å². The maximum Gasteiger partial charge on any atom is 0.321 e. The summed E-state index contributed by atoms with van der Waals surface area (Å²) in [5, 5.41) is 0. The molecule has 3 atom stereocenters. The lowest BCUT2D eigenvalue weighted by molar-refractivity contribution is -0.153. The van der Waals surface area contributed by atoms with Crippen molar-refractivity contribution in [1.29, 1.82) is 0 Å². The van der Waals surface area contributed by atoms with E-state index in [1.54, 1.807) is 0 Å². The third-order valence-corrected chi connectivity index (χ3v) is 5.10. The van der Waals surface area contributed by atoms with Crippen LogP contribution in [0, 0.1) is 11.8 Å². The second-order valence-electron chi connectivity index (χ2n) is 6.74. The first-order valence-corrected chi connectivity index (χ1v) is 8.30. The summed E-state index contributed by atoms with van der Waals surface area (Å²) in [5.41, 5.74) is 1.41. The molecule has 1 aromatic carbocycles. The Kier molecular flexibility index (Phi) is 5.32. The van der Waals surface area contributed by atoms with Crippen LogP contribution >= 0.6 is 11.6 Å². The first-order chi connectivity index (χ1) is 9.96. The lowest BCUT2D eigenvalue weighted by Gasteiger charge is -2.44. The Morgan fingerprint density at radius 2 is 2.05 bits per heavy atom. The van der Waals surface area contributed by atoms with E-state index >= 15 is 0 Å². The van der Waals surface area contributed by atoms with Crippen molar-refractivity contribution < 1.29 is 9.53 Å². The molecule has 3 unspecified atom stereocenters. The number of ether oxygens (including phenoxy) is 1. The van der Waals surface area contributed by atoms with Crippen molar-refractivity contribution in [2.75, 3.05) is 5.88 Å². The van der Waals surface area contributed by atoms with E-state index in [1.807, 2.05) is 6.07 Å². The number of hydrogen-bond donors (Lipinski definition) is 0. The Morgan fingerprint density at radius 1 is 1.38 bits per heavy atom. The summed E-state index contributed by atoms with van der Waals surface area (Å²) in [7, 11) is 0. The van der Waals surface area contributed by atoms with E-state index in [-0.39, 0.29) is 23.4 Å². The second-order valence-corrected chi connectivity index (χ2v) is 7.01. The molecule has 1 saturated carbocycles. The molecule has 21 heavy (non-hydrogen) atoms. The number of benzene rings is 1. The highest BCUT2D eigenvalue weighted by Crippen LogP contribution is 2.44. The van der Waals surface area contributed by atoms with Crippen LogP contribution in [0.2, 0.25) is 0 Å². The van der Waals surface area contributed by atoms with Gasteiger partial charge in [-0.15, -0.1) is 11.6 Å². The third-order valence-electron chi connectivity index (χ3n) is 4.88. The second kappa shape index (κ2) is 6.83. The van der Waals surface area contributed by atoms with E-state index in [2.05, 4.69) is 45.0 Å². The van der Waals surface area contributed by atoms with Crippen LogP contribution in [0.5, 0.6) is 0 Å². The van der Waals surface area contributed by atoms with Crippen molar-refractivity contribution >= 4 is 17.6 Å². The molecule has 0 spiro atoms. The van der Waals surface area contributed by atoms with Gasteiger partial charge in [0, 0.05) is 0 Å². The maximum absolute atomic E-state index is 11.6. The number of alkyl halides is 1. The predicted molar refractivity (Wildman–Crippen MR) is 86.6 cm³/mol.